The highest BCUT2D eigenvalue weighted by molar-refractivity contribution is 5.96. The molecule has 2 fully saturated rings. The maximum Gasteiger partial charge on any atom is 0.270 e. The first-order valence-corrected chi connectivity index (χ1v) is 7.68. The molecule has 1 N–H and O–H groups in total. The number of aromatic nitrogens is 1. The number of pyridine rings is 1. The zero-order valence-corrected chi connectivity index (χ0v) is 12.5. The van der Waals surface area contributed by atoms with Gasteiger partial charge >= 0.3 is 0 Å². The Morgan fingerprint density at radius 3 is 3.23 bits per heavy atom. The second-order valence-electron chi connectivity index (χ2n) is 6.17. The van der Waals surface area contributed by atoms with Crippen LogP contribution in [-0.2, 0) is 0 Å². The van der Waals surface area contributed by atoms with Crippen molar-refractivity contribution < 1.29 is 13.9 Å². The average molecular weight is 301 g/mol. The number of nitrogens with zero attached hydrogens (tertiary/aromatic N) is 2. The van der Waals surface area contributed by atoms with Gasteiger partial charge in [-0.2, -0.15) is 0 Å². The molecule has 0 aromatic carbocycles. The van der Waals surface area contributed by atoms with Gasteiger partial charge in [-0.25, -0.2) is 4.98 Å². The number of amides is 1. The third kappa shape index (κ3) is 2.33. The van der Waals surface area contributed by atoms with Gasteiger partial charge in [-0.15, -0.1) is 0 Å². The van der Waals surface area contributed by atoms with E-state index in [0.29, 0.717) is 23.1 Å². The van der Waals surface area contributed by atoms with Crippen molar-refractivity contribution in [2.45, 2.75) is 18.9 Å². The number of carbonyl (C=O) groups excluding carboxylic acids is 1. The van der Waals surface area contributed by atoms with Crippen LogP contribution in [0.2, 0.25) is 0 Å². The fourth-order valence-electron chi connectivity index (χ4n) is 3.63. The molecule has 2 bridgehead atoms. The van der Waals surface area contributed by atoms with Crippen LogP contribution in [0.25, 0.3) is 11.0 Å². The van der Waals surface area contributed by atoms with Gasteiger partial charge in [0, 0.05) is 25.2 Å². The zero-order valence-electron chi connectivity index (χ0n) is 12.5. The Morgan fingerprint density at radius 2 is 2.41 bits per heavy atom. The van der Waals surface area contributed by atoms with Crippen molar-refractivity contribution in [2.75, 3.05) is 26.7 Å². The van der Waals surface area contributed by atoms with E-state index in [9.17, 15) is 4.79 Å². The number of carbonyl (C=O) groups is 1. The molecule has 3 atom stereocenters. The van der Waals surface area contributed by atoms with Gasteiger partial charge in [0.15, 0.2) is 0 Å². The molecule has 0 spiro atoms. The number of ether oxygens (including phenoxy) is 1. The highest BCUT2D eigenvalue weighted by atomic mass is 16.5. The highest BCUT2D eigenvalue weighted by Gasteiger charge is 2.33. The molecule has 0 radical (unpaired) electrons. The summed E-state index contributed by atoms with van der Waals surface area (Å²) in [5, 5.41) is 3.88. The molecule has 116 valence electrons. The first-order valence-electron chi connectivity index (χ1n) is 7.68. The van der Waals surface area contributed by atoms with E-state index in [1.165, 1.54) is 13.0 Å². The lowest BCUT2D eigenvalue weighted by molar-refractivity contribution is 0.0903. The van der Waals surface area contributed by atoms with Crippen LogP contribution in [0.4, 0.5) is 0 Å². The van der Waals surface area contributed by atoms with E-state index < -0.39 is 0 Å². The monoisotopic (exact) mass is 301 g/mol. The summed E-state index contributed by atoms with van der Waals surface area (Å²) in [5.41, 5.74) is 0.955. The summed E-state index contributed by atoms with van der Waals surface area (Å²) in [4.78, 5) is 19.2. The van der Waals surface area contributed by atoms with Crippen LogP contribution in [0.1, 0.15) is 23.3 Å². The highest BCUT2D eigenvalue weighted by Crippen LogP contribution is 2.28. The smallest absolute Gasteiger partial charge is 0.270 e. The lowest BCUT2D eigenvalue weighted by Gasteiger charge is -2.30. The first-order chi connectivity index (χ1) is 10.7. The SMILES string of the molecule is COc1nc(C(=O)N[C@@H]2C[C@H]3CCN(C3)C2)cc2occc12. The van der Waals surface area contributed by atoms with E-state index in [-0.39, 0.29) is 11.9 Å². The fourth-order valence-corrected chi connectivity index (χ4v) is 3.63. The van der Waals surface area contributed by atoms with Crippen LogP contribution < -0.4 is 10.1 Å². The van der Waals surface area contributed by atoms with Gasteiger partial charge in [0.25, 0.3) is 5.91 Å². The molecule has 2 aliphatic heterocycles. The van der Waals surface area contributed by atoms with E-state index >= 15 is 0 Å². The van der Waals surface area contributed by atoms with Crippen molar-refractivity contribution in [2.24, 2.45) is 5.92 Å². The first kappa shape index (κ1) is 13.6. The summed E-state index contributed by atoms with van der Waals surface area (Å²) in [6, 6.07) is 3.66. The molecule has 4 rings (SSSR count). The van der Waals surface area contributed by atoms with Gasteiger partial charge in [-0.1, -0.05) is 0 Å². The van der Waals surface area contributed by atoms with Crippen LogP contribution in [0.5, 0.6) is 5.88 Å². The van der Waals surface area contributed by atoms with Gasteiger partial charge in [0.2, 0.25) is 5.88 Å². The maximum atomic E-state index is 12.5. The number of rotatable bonds is 3. The van der Waals surface area contributed by atoms with E-state index in [2.05, 4.69) is 15.2 Å². The van der Waals surface area contributed by atoms with Gasteiger partial charge in [-0.3, -0.25) is 4.79 Å². The van der Waals surface area contributed by atoms with Crippen LogP contribution >= 0.6 is 0 Å². The third-order valence-electron chi connectivity index (χ3n) is 4.64. The van der Waals surface area contributed by atoms with Crippen molar-refractivity contribution in [3.05, 3.63) is 24.1 Å². The second-order valence-corrected chi connectivity index (χ2v) is 6.17. The minimum absolute atomic E-state index is 0.163. The summed E-state index contributed by atoms with van der Waals surface area (Å²) in [6.45, 7) is 3.26. The van der Waals surface area contributed by atoms with Crippen molar-refractivity contribution in [3.63, 3.8) is 0 Å². The summed E-state index contributed by atoms with van der Waals surface area (Å²) in [6.07, 6.45) is 3.88. The molecule has 6 heteroatoms. The number of piperidine rings is 1. The van der Waals surface area contributed by atoms with Gasteiger partial charge in [-0.05, 0) is 31.4 Å². The minimum Gasteiger partial charge on any atom is -0.480 e. The standard InChI is InChI=1S/C16H19N3O3/c1-21-16-12-3-5-22-14(12)7-13(18-16)15(20)17-11-6-10-2-4-19(8-10)9-11/h3,5,7,10-11H,2,4,6,8-9H2,1H3,(H,17,20)/t10-,11-/m1/s1. The molecule has 0 aliphatic carbocycles. The zero-order chi connectivity index (χ0) is 15.1. The normalized spacial score (nSPS) is 27.0. The predicted molar refractivity (Wildman–Crippen MR) is 81.0 cm³/mol. The van der Waals surface area contributed by atoms with Crippen LogP contribution in [0.3, 0.4) is 0 Å². The minimum atomic E-state index is -0.163. The van der Waals surface area contributed by atoms with Gasteiger partial charge in [0.1, 0.15) is 11.3 Å². The molecule has 2 aromatic heterocycles. The number of fused-ring (bicyclic) bond motifs is 3. The average Bonchev–Trinajstić information content (AvgIpc) is 3.12. The molecule has 2 aromatic rings. The van der Waals surface area contributed by atoms with E-state index in [1.807, 2.05) is 0 Å². The summed E-state index contributed by atoms with van der Waals surface area (Å²) in [5.74, 6) is 0.974. The lowest BCUT2D eigenvalue weighted by atomic mass is 9.97. The second kappa shape index (κ2) is 5.28. The lowest BCUT2D eigenvalue weighted by Crippen LogP contribution is -2.47. The van der Waals surface area contributed by atoms with Crippen molar-refractivity contribution in [1.29, 1.82) is 0 Å². The Kier molecular flexibility index (Phi) is 3.26. The number of furan rings is 1. The molecular formula is C16H19N3O3. The topological polar surface area (TPSA) is 67.6 Å². The predicted octanol–water partition coefficient (Wildman–Crippen LogP) is 1.66. The van der Waals surface area contributed by atoms with Crippen LogP contribution in [0, 0.1) is 5.92 Å². The molecular weight excluding hydrogens is 282 g/mol. The number of nitrogens with one attached hydrogen (secondary N) is 1. The Balaban J connectivity index is 1.55. The maximum absolute atomic E-state index is 12.5. The Hall–Kier alpha value is -2.08. The molecule has 4 heterocycles. The van der Waals surface area contributed by atoms with Crippen LogP contribution in [-0.4, -0.2) is 48.6 Å². The van der Waals surface area contributed by atoms with Crippen molar-refractivity contribution >= 4 is 16.9 Å². The van der Waals surface area contributed by atoms with Crippen molar-refractivity contribution in [3.8, 4) is 5.88 Å². The quantitative estimate of drug-likeness (QED) is 0.934. The van der Waals surface area contributed by atoms with Gasteiger partial charge in [0.05, 0.1) is 18.8 Å². The summed E-state index contributed by atoms with van der Waals surface area (Å²) < 4.78 is 10.6. The molecule has 1 unspecified atom stereocenters. The van der Waals surface area contributed by atoms with Crippen molar-refractivity contribution in [1.82, 2.24) is 15.2 Å². The summed E-state index contributed by atoms with van der Waals surface area (Å²) >= 11 is 0. The Morgan fingerprint density at radius 1 is 1.50 bits per heavy atom. The third-order valence-corrected chi connectivity index (χ3v) is 4.64. The Bertz CT molecular complexity index is 700. The Labute approximate surface area is 128 Å². The molecule has 0 saturated carbocycles. The summed E-state index contributed by atoms with van der Waals surface area (Å²) in [7, 11) is 1.54. The molecule has 6 nitrogen and oxygen atoms in total. The van der Waals surface area contributed by atoms with Gasteiger partial charge < -0.3 is 19.4 Å². The number of methoxy groups -OCH3 is 1. The van der Waals surface area contributed by atoms with E-state index in [0.717, 1.165) is 24.9 Å². The fraction of sp³-hybridized carbons (Fsp3) is 0.500. The van der Waals surface area contributed by atoms with E-state index in [1.54, 1.807) is 25.5 Å². The number of hydrogen-bond acceptors (Lipinski definition) is 5. The molecule has 22 heavy (non-hydrogen) atoms. The number of hydrogen-bond donors (Lipinski definition) is 1. The molecule has 2 aliphatic rings. The largest absolute Gasteiger partial charge is 0.480 e. The molecule has 2 saturated heterocycles. The van der Waals surface area contributed by atoms with E-state index in [4.69, 9.17) is 9.15 Å². The van der Waals surface area contributed by atoms with Crippen LogP contribution in [0.15, 0.2) is 22.8 Å². The molecule has 1 amide bonds.